The Morgan fingerprint density at radius 1 is 1.00 bits per heavy atom. The fourth-order valence-corrected chi connectivity index (χ4v) is 0.631. The molecule has 0 radical (unpaired) electrons. The van der Waals surface area contributed by atoms with Crippen LogP contribution in [0.25, 0.3) is 0 Å². The smallest absolute Gasteiger partial charge is 0.344 e. The van der Waals surface area contributed by atoms with Crippen molar-refractivity contribution in [1.82, 2.24) is 0 Å². The van der Waals surface area contributed by atoms with Crippen molar-refractivity contribution in [2.75, 3.05) is 19.8 Å². The van der Waals surface area contributed by atoms with Crippen LogP contribution >= 0.6 is 0 Å². The minimum atomic E-state index is -0.817. The van der Waals surface area contributed by atoms with E-state index in [4.69, 9.17) is 0 Å². The van der Waals surface area contributed by atoms with Gasteiger partial charge in [0.05, 0.1) is 6.61 Å². The summed E-state index contributed by atoms with van der Waals surface area (Å²) in [4.78, 5) is 32.6. The minimum absolute atomic E-state index is 0.179. The standard InChI is InChI=1S/C10H14O6/c1-4-14-8(11)5-15-9(12)6-16-10(13)7(2)3/h2,4-6H2,1,3H3. The molecule has 0 spiro atoms. The average Bonchev–Trinajstić information content (AvgIpc) is 2.23. The monoisotopic (exact) mass is 230 g/mol. The van der Waals surface area contributed by atoms with Crippen LogP contribution in [0.3, 0.4) is 0 Å². The van der Waals surface area contributed by atoms with Crippen molar-refractivity contribution >= 4 is 17.9 Å². The van der Waals surface area contributed by atoms with Gasteiger partial charge < -0.3 is 14.2 Å². The molecular weight excluding hydrogens is 216 g/mol. The van der Waals surface area contributed by atoms with Gasteiger partial charge in [0, 0.05) is 5.57 Å². The quantitative estimate of drug-likeness (QED) is 0.369. The number of hydrogen-bond donors (Lipinski definition) is 0. The molecule has 0 unspecified atom stereocenters. The highest BCUT2D eigenvalue weighted by Gasteiger charge is 2.11. The first-order chi connectivity index (χ1) is 7.47. The molecule has 0 rings (SSSR count). The first-order valence-corrected chi connectivity index (χ1v) is 4.61. The SMILES string of the molecule is C=C(C)C(=O)OCC(=O)OCC(=O)OCC. The van der Waals surface area contributed by atoms with E-state index in [0.29, 0.717) is 0 Å². The highest BCUT2D eigenvalue weighted by atomic mass is 16.6. The van der Waals surface area contributed by atoms with Crippen LogP contribution in [0.15, 0.2) is 12.2 Å². The lowest BCUT2D eigenvalue weighted by Crippen LogP contribution is -2.21. The Morgan fingerprint density at radius 2 is 1.50 bits per heavy atom. The Kier molecular flexibility index (Phi) is 6.58. The van der Waals surface area contributed by atoms with Gasteiger partial charge >= 0.3 is 17.9 Å². The summed E-state index contributed by atoms with van der Waals surface area (Å²) in [5.41, 5.74) is 0.179. The minimum Gasteiger partial charge on any atom is -0.463 e. The maximum atomic E-state index is 10.9. The molecule has 0 heterocycles. The van der Waals surface area contributed by atoms with Crippen molar-refractivity contribution in [1.29, 1.82) is 0 Å². The van der Waals surface area contributed by atoms with E-state index in [0.717, 1.165) is 0 Å². The zero-order valence-electron chi connectivity index (χ0n) is 9.28. The summed E-state index contributed by atoms with van der Waals surface area (Å²) < 4.78 is 13.5. The lowest BCUT2D eigenvalue weighted by atomic mass is 10.4. The summed E-state index contributed by atoms with van der Waals surface area (Å²) in [6.07, 6.45) is 0. The molecule has 0 amide bonds. The molecule has 0 atom stereocenters. The van der Waals surface area contributed by atoms with Crippen molar-refractivity contribution in [3.63, 3.8) is 0 Å². The molecule has 0 aromatic carbocycles. The van der Waals surface area contributed by atoms with Gasteiger partial charge in [-0.1, -0.05) is 6.58 Å². The second kappa shape index (κ2) is 7.44. The van der Waals surface area contributed by atoms with E-state index in [1.165, 1.54) is 6.92 Å². The number of carbonyl (C=O) groups is 3. The fraction of sp³-hybridized carbons (Fsp3) is 0.500. The average molecular weight is 230 g/mol. The van der Waals surface area contributed by atoms with Crippen LogP contribution in [0, 0.1) is 0 Å². The molecule has 90 valence electrons. The Balaban J connectivity index is 3.71. The number of rotatable bonds is 6. The van der Waals surface area contributed by atoms with Gasteiger partial charge in [0.2, 0.25) is 0 Å². The van der Waals surface area contributed by atoms with E-state index in [2.05, 4.69) is 20.8 Å². The molecule has 6 nitrogen and oxygen atoms in total. The molecule has 0 N–H and O–H groups in total. The van der Waals surface area contributed by atoms with Crippen LogP contribution in [0.5, 0.6) is 0 Å². The Hall–Kier alpha value is -1.85. The van der Waals surface area contributed by atoms with Crippen LogP contribution < -0.4 is 0 Å². The third-order valence-corrected chi connectivity index (χ3v) is 1.33. The Labute approximate surface area is 93.2 Å². The molecule has 6 heteroatoms. The van der Waals surface area contributed by atoms with Crippen LogP contribution in [0.2, 0.25) is 0 Å². The summed E-state index contributed by atoms with van der Waals surface area (Å²) in [6, 6.07) is 0. The van der Waals surface area contributed by atoms with Gasteiger partial charge in [-0.05, 0) is 13.8 Å². The van der Waals surface area contributed by atoms with E-state index in [9.17, 15) is 14.4 Å². The number of esters is 3. The van der Waals surface area contributed by atoms with Crippen LogP contribution in [0.4, 0.5) is 0 Å². The lowest BCUT2D eigenvalue weighted by molar-refractivity contribution is -0.163. The second-order valence-corrected chi connectivity index (χ2v) is 2.82. The van der Waals surface area contributed by atoms with Gasteiger partial charge in [-0.2, -0.15) is 0 Å². The highest BCUT2D eigenvalue weighted by molar-refractivity contribution is 5.88. The molecular formula is C10H14O6. The van der Waals surface area contributed by atoms with Crippen LogP contribution in [-0.4, -0.2) is 37.7 Å². The number of carbonyl (C=O) groups excluding carboxylic acids is 3. The molecule has 0 aromatic rings. The third-order valence-electron chi connectivity index (χ3n) is 1.33. The number of hydrogen-bond acceptors (Lipinski definition) is 6. The molecule has 0 saturated heterocycles. The normalized spacial score (nSPS) is 9.12. The molecule has 0 bridgehead atoms. The maximum Gasteiger partial charge on any atom is 0.344 e. The fourth-order valence-electron chi connectivity index (χ4n) is 0.631. The molecule has 0 aliphatic rings. The summed E-state index contributed by atoms with van der Waals surface area (Å²) >= 11 is 0. The molecule has 0 aliphatic carbocycles. The van der Waals surface area contributed by atoms with Gasteiger partial charge in [-0.25, -0.2) is 14.4 Å². The van der Waals surface area contributed by atoms with Crippen molar-refractivity contribution in [2.45, 2.75) is 13.8 Å². The van der Waals surface area contributed by atoms with E-state index in [1.807, 2.05) is 0 Å². The van der Waals surface area contributed by atoms with E-state index in [1.54, 1.807) is 6.92 Å². The van der Waals surface area contributed by atoms with E-state index in [-0.39, 0.29) is 12.2 Å². The largest absolute Gasteiger partial charge is 0.463 e. The lowest BCUT2D eigenvalue weighted by Gasteiger charge is -2.05. The Morgan fingerprint density at radius 3 is 2.00 bits per heavy atom. The van der Waals surface area contributed by atoms with Crippen LogP contribution in [0.1, 0.15) is 13.8 Å². The van der Waals surface area contributed by atoms with Gasteiger partial charge in [-0.3, -0.25) is 0 Å². The molecule has 0 saturated carbocycles. The van der Waals surface area contributed by atoms with Crippen molar-refractivity contribution in [2.24, 2.45) is 0 Å². The zero-order valence-corrected chi connectivity index (χ0v) is 9.28. The first kappa shape index (κ1) is 14.2. The molecule has 0 aromatic heterocycles. The summed E-state index contributed by atoms with van der Waals surface area (Å²) in [5, 5.41) is 0. The Bertz CT molecular complexity index is 294. The van der Waals surface area contributed by atoms with Crippen molar-refractivity contribution in [3.8, 4) is 0 Å². The third kappa shape index (κ3) is 6.58. The van der Waals surface area contributed by atoms with Crippen molar-refractivity contribution < 1.29 is 28.6 Å². The summed E-state index contributed by atoms with van der Waals surface area (Å²) in [7, 11) is 0. The topological polar surface area (TPSA) is 78.9 Å². The maximum absolute atomic E-state index is 10.9. The predicted octanol–water partition coefficient (Wildman–Crippen LogP) is 0.212. The van der Waals surface area contributed by atoms with Gasteiger partial charge in [0.25, 0.3) is 0 Å². The molecule has 16 heavy (non-hydrogen) atoms. The second-order valence-electron chi connectivity index (χ2n) is 2.82. The first-order valence-electron chi connectivity index (χ1n) is 4.61. The van der Waals surface area contributed by atoms with E-state index < -0.39 is 31.1 Å². The zero-order chi connectivity index (χ0) is 12.6. The van der Waals surface area contributed by atoms with Gasteiger partial charge in [0.15, 0.2) is 13.2 Å². The van der Waals surface area contributed by atoms with Crippen molar-refractivity contribution in [3.05, 3.63) is 12.2 Å². The summed E-state index contributed by atoms with van der Waals surface area (Å²) in [5.74, 6) is -2.15. The van der Waals surface area contributed by atoms with E-state index >= 15 is 0 Å². The number of ether oxygens (including phenoxy) is 3. The van der Waals surface area contributed by atoms with Gasteiger partial charge in [-0.15, -0.1) is 0 Å². The molecule has 0 aliphatic heterocycles. The van der Waals surface area contributed by atoms with Crippen LogP contribution in [-0.2, 0) is 28.6 Å². The predicted molar refractivity (Wildman–Crippen MR) is 53.4 cm³/mol. The summed E-state index contributed by atoms with van der Waals surface area (Å²) in [6.45, 7) is 5.58. The van der Waals surface area contributed by atoms with Gasteiger partial charge in [0.1, 0.15) is 0 Å². The molecule has 0 fully saturated rings. The highest BCUT2D eigenvalue weighted by Crippen LogP contribution is 1.92.